The van der Waals surface area contributed by atoms with Gasteiger partial charge in [0.2, 0.25) is 0 Å². The summed E-state index contributed by atoms with van der Waals surface area (Å²) in [5, 5.41) is 11.4. The van der Waals surface area contributed by atoms with Crippen molar-refractivity contribution < 1.29 is 5.11 Å². The summed E-state index contributed by atoms with van der Waals surface area (Å²) >= 11 is 1.65. The Morgan fingerprint density at radius 1 is 1.25 bits per heavy atom. The van der Waals surface area contributed by atoms with Gasteiger partial charge in [0, 0.05) is 18.8 Å². The highest BCUT2D eigenvalue weighted by Gasteiger charge is 2.14. The van der Waals surface area contributed by atoms with E-state index in [4.69, 9.17) is 0 Å². The van der Waals surface area contributed by atoms with Gasteiger partial charge in [-0.05, 0) is 35.7 Å². The topological polar surface area (TPSA) is 46.0 Å². The van der Waals surface area contributed by atoms with Gasteiger partial charge in [-0.25, -0.2) is 4.98 Å². The van der Waals surface area contributed by atoms with Crippen LogP contribution in [0.25, 0.3) is 10.2 Å². The van der Waals surface area contributed by atoms with Crippen LogP contribution in [0, 0.1) is 0 Å². The van der Waals surface area contributed by atoms with Crippen LogP contribution in [0.2, 0.25) is 0 Å². The number of pyridine rings is 1. The van der Waals surface area contributed by atoms with Crippen LogP contribution in [0.1, 0.15) is 29.2 Å². The number of rotatable bonds is 4. The maximum atomic E-state index is 10.4. The molecule has 0 aliphatic carbocycles. The first-order valence-electron chi connectivity index (χ1n) is 6.73. The van der Waals surface area contributed by atoms with Gasteiger partial charge in [0.15, 0.2) is 0 Å². The molecule has 2 heterocycles. The number of fused-ring (bicyclic) bond motifs is 1. The van der Waals surface area contributed by atoms with Gasteiger partial charge < -0.3 is 5.11 Å². The lowest BCUT2D eigenvalue weighted by atomic mass is 10.0. The molecule has 3 nitrogen and oxygen atoms in total. The third kappa shape index (κ3) is 2.57. The molecule has 0 radical (unpaired) electrons. The van der Waals surface area contributed by atoms with E-state index < -0.39 is 6.10 Å². The van der Waals surface area contributed by atoms with Gasteiger partial charge in [-0.15, -0.1) is 11.3 Å². The van der Waals surface area contributed by atoms with Crippen molar-refractivity contribution in [3.05, 3.63) is 58.9 Å². The van der Waals surface area contributed by atoms with E-state index >= 15 is 0 Å². The Morgan fingerprint density at radius 2 is 2.10 bits per heavy atom. The third-order valence-electron chi connectivity index (χ3n) is 3.39. The number of hydrogen-bond acceptors (Lipinski definition) is 4. The van der Waals surface area contributed by atoms with E-state index in [9.17, 15) is 5.11 Å². The molecule has 0 amide bonds. The minimum atomic E-state index is -0.520. The van der Waals surface area contributed by atoms with E-state index in [0.29, 0.717) is 6.42 Å². The molecule has 1 unspecified atom stereocenters. The van der Waals surface area contributed by atoms with E-state index in [1.165, 1.54) is 4.70 Å². The quantitative estimate of drug-likeness (QED) is 0.797. The van der Waals surface area contributed by atoms with Gasteiger partial charge in [-0.1, -0.05) is 19.1 Å². The first-order chi connectivity index (χ1) is 9.78. The van der Waals surface area contributed by atoms with E-state index in [2.05, 4.69) is 23.0 Å². The predicted octanol–water partition coefficient (Wildman–Crippen LogP) is 3.53. The van der Waals surface area contributed by atoms with Crippen LogP contribution in [-0.4, -0.2) is 15.1 Å². The first kappa shape index (κ1) is 13.2. The molecular weight excluding hydrogens is 268 g/mol. The lowest BCUT2D eigenvalue weighted by molar-refractivity contribution is 0.177. The zero-order valence-electron chi connectivity index (χ0n) is 11.3. The van der Waals surface area contributed by atoms with Crippen LogP contribution >= 0.6 is 11.3 Å². The molecule has 1 atom stereocenters. The van der Waals surface area contributed by atoms with E-state index in [-0.39, 0.29) is 0 Å². The summed E-state index contributed by atoms with van der Waals surface area (Å²) in [6, 6.07) is 9.97. The molecule has 0 aliphatic heterocycles. The van der Waals surface area contributed by atoms with Gasteiger partial charge in [0.1, 0.15) is 0 Å². The summed E-state index contributed by atoms with van der Waals surface area (Å²) < 4.78 is 1.17. The van der Waals surface area contributed by atoms with Crippen molar-refractivity contribution in [2.24, 2.45) is 0 Å². The first-order valence-corrected chi connectivity index (χ1v) is 7.55. The monoisotopic (exact) mass is 284 g/mol. The van der Waals surface area contributed by atoms with Crippen LogP contribution in [-0.2, 0) is 12.8 Å². The van der Waals surface area contributed by atoms with Gasteiger partial charge in [0.25, 0.3) is 0 Å². The van der Waals surface area contributed by atoms with E-state index in [1.807, 2.05) is 30.5 Å². The Labute approximate surface area is 122 Å². The number of aliphatic hydroxyl groups excluding tert-OH is 1. The highest BCUT2D eigenvalue weighted by atomic mass is 32.1. The Morgan fingerprint density at radius 3 is 2.90 bits per heavy atom. The van der Waals surface area contributed by atoms with Gasteiger partial charge in [0.05, 0.1) is 21.3 Å². The minimum Gasteiger partial charge on any atom is -0.388 e. The molecule has 0 bridgehead atoms. The van der Waals surface area contributed by atoms with Crippen molar-refractivity contribution in [2.45, 2.75) is 25.9 Å². The lowest BCUT2D eigenvalue weighted by Gasteiger charge is -2.12. The number of hydrogen-bond donors (Lipinski definition) is 1. The molecule has 0 saturated heterocycles. The fourth-order valence-corrected chi connectivity index (χ4v) is 3.34. The Balaban J connectivity index is 1.86. The normalized spacial score (nSPS) is 12.7. The summed E-state index contributed by atoms with van der Waals surface area (Å²) in [5.74, 6) is 0. The molecule has 0 fully saturated rings. The van der Waals surface area contributed by atoms with Crippen LogP contribution < -0.4 is 0 Å². The van der Waals surface area contributed by atoms with Crippen molar-refractivity contribution in [1.82, 2.24) is 9.97 Å². The molecular formula is C16H16N2OS. The maximum Gasteiger partial charge on any atom is 0.0967 e. The summed E-state index contributed by atoms with van der Waals surface area (Å²) in [5.41, 5.74) is 3.06. The Hall–Kier alpha value is -1.78. The third-order valence-corrected chi connectivity index (χ3v) is 4.45. The zero-order valence-corrected chi connectivity index (χ0v) is 12.1. The Bertz CT molecular complexity index is 690. The van der Waals surface area contributed by atoms with Crippen molar-refractivity contribution in [3.8, 4) is 0 Å². The molecule has 1 N–H and O–H groups in total. The van der Waals surface area contributed by atoms with Gasteiger partial charge in [-0.3, -0.25) is 4.98 Å². The molecule has 2 aromatic heterocycles. The molecule has 0 aliphatic rings. The lowest BCUT2D eigenvalue weighted by Crippen LogP contribution is -2.05. The molecule has 3 aromatic rings. The van der Waals surface area contributed by atoms with Crippen molar-refractivity contribution in [2.75, 3.05) is 0 Å². The average molecular weight is 284 g/mol. The molecule has 4 heteroatoms. The van der Waals surface area contributed by atoms with Gasteiger partial charge in [-0.2, -0.15) is 0 Å². The fraction of sp³-hybridized carbons (Fsp3) is 0.250. The minimum absolute atomic E-state index is 0.520. The predicted molar refractivity (Wildman–Crippen MR) is 81.9 cm³/mol. The molecule has 102 valence electrons. The second kappa shape index (κ2) is 5.69. The van der Waals surface area contributed by atoms with Gasteiger partial charge >= 0.3 is 0 Å². The van der Waals surface area contributed by atoms with Crippen LogP contribution in [0.3, 0.4) is 0 Å². The van der Waals surface area contributed by atoms with Crippen LogP contribution in [0.5, 0.6) is 0 Å². The van der Waals surface area contributed by atoms with Crippen molar-refractivity contribution in [1.29, 1.82) is 0 Å². The SMILES string of the molecule is CCc1cnccc1C(O)Cc1nc2ccccc2s1. The maximum absolute atomic E-state index is 10.4. The van der Waals surface area contributed by atoms with E-state index in [0.717, 1.165) is 28.1 Å². The van der Waals surface area contributed by atoms with Crippen LogP contribution in [0.15, 0.2) is 42.7 Å². The van der Waals surface area contributed by atoms with E-state index in [1.54, 1.807) is 17.5 Å². The average Bonchev–Trinajstić information content (AvgIpc) is 2.89. The largest absolute Gasteiger partial charge is 0.388 e. The molecule has 0 saturated carbocycles. The highest BCUT2D eigenvalue weighted by molar-refractivity contribution is 7.18. The second-order valence-electron chi connectivity index (χ2n) is 4.72. The number of aromatic nitrogens is 2. The molecule has 3 rings (SSSR count). The number of benzene rings is 1. The zero-order chi connectivity index (χ0) is 13.9. The number of nitrogens with zero attached hydrogens (tertiary/aromatic N) is 2. The summed E-state index contributed by atoms with van der Waals surface area (Å²) in [4.78, 5) is 8.69. The number of para-hydroxylation sites is 1. The Kier molecular flexibility index (Phi) is 3.76. The number of aryl methyl sites for hydroxylation is 1. The van der Waals surface area contributed by atoms with Crippen LogP contribution in [0.4, 0.5) is 0 Å². The number of thiazole rings is 1. The van der Waals surface area contributed by atoms with Crippen molar-refractivity contribution in [3.63, 3.8) is 0 Å². The summed E-state index contributed by atoms with van der Waals surface area (Å²) in [6.45, 7) is 2.07. The molecule has 20 heavy (non-hydrogen) atoms. The smallest absolute Gasteiger partial charge is 0.0967 e. The molecule has 1 aromatic carbocycles. The standard InChI is InChI=1S/C16H16N2OS/c1-2-11-10-17-8-7-12(11)14(19)9-16-18-13-5-3-4-6-15(13)20-16/h3-8,10,14,19H,2,9H2,1H3. The molecule has 0 spiro atoms. The summed E-state index contributed by atoms with van der Waals surface area (Å²) in [7, 11) is 0. The fourth-order valence-electron chi connectivity index (χ4n) is 2.34. The summed E-state index contributed by atoms with van der Waals surface area (Å²) in [6.07, 6.45) is 4.47. The number of aliphatic hydroxyl groups is 1. The highest BCUT2D eigenvalue weighted by Crippen LogP contribution is 2.27. The van der Waals surface area contributed by atoms with Crippen molar-refractivity contribution >= 4 is 21.6 Å². The second-order valence-corrected chi connectivity index (χ2v) is 5.84.